The van der Waals surface area contributed by atoms with E-state index in [-0.39, 0.29) is 10.8 Å². The zero-order chi connectivity index (χ0) is 20.9. The topological polar surface area (TPSA) is 70.2 Å². The van der Waals surface area contributed by atoms with Crippen molar-refractivity contribution >= 4 is 15.9 Å². The van der Waals surface area contributed by atoms with Gasteiger partial charge in [-0.05, 0) is 56.9 Å². The van der Waals surface area contributed by atoms with E-state index in [0.717, 1.165) is 45.7 Å². The van der Waals surface area contributed by atoms with Gasteiger partial charge in [0.1, 0.15) is 0 Å². The smallest absolute Gasteiger partial charge is 0.253 e. The summed E-state index contributed by atoms with van der Waals surface area (Å²) in [5.41, 5.74) is 0.525. The molecule has 3 rings (SSSR count). The number of piperidine rings is 1. The molecule has 1 amide bonds. The van der Waals surface area contributed by atoms with Crippen molar-refractivity contribution in [3.05, 3.63) is 29.8 Å². The van der Waals surface area contributed by atoms with Crippen LogP contribution in [0.5, 0.6) is 0 Å². The number of morpholine rings is 1. The van der Waals surface area contributed by atoms with Gasteiger partial charge in [-0.2, -0.15) is 4.31 Å². The Labute approximate surface area is 174 Å². The molecule has 0 saturated carbocycles. The number of amides is 1. The van der Waals surface area contributed by atoms with Crippen molar-refractivity contribution in [2.45, 2.75) is 31.6 Å². The lowest BCUT2D eigenvalue weighted by molar-refractivity contribution is 0.0269. The van der Waals surface area contributed by atoms with Crippen molar-refractivity contribution in [1.82, 2.24) is 14.1 Å². The average molecular weight is 424 g/mol. The van der Waals surface area contributed by atoms with E-state index in [9.17, 15) is 13.2 Å². The zero-order valence-electron chi connectivity index (χ0n) is 17.5. The van der Waals surface area contributed by atoms with Gasteiger partial charge in [-0.3, -0.25) is 9.69 Å². The summed E-state index contributed by atoms with van der Waals surface area (Å²) in [5.74, 6) is 0.469. The van der Waals surface area contributed by atoms with Crippen molar-refractivity contribution in [2.75, 3.05) is 59.0 Å². The molecule has 0 atom stereocenters. The molecule has 2 aliphatic rings. The Kier molecular flexibility index (Phi) is 7.67. The standard InChI is InChI=1S/C21H33N3O4S/c1-3-23(4-2)21(25)19-5-7-20(8-6-19)29(26,27)24-11-9-18(10-12-24)17-22-13-15-28-16-14-22/h5-8,18H,3-4,9-17H2,1-2H3. The SMILES string of the molecule is CCN(CC)C(=O)c1ccc(S(=O)(=O)N2CCC(CN3CCOCC3)CC2)cc1. The number of hydrogen-bond acceptors (Lipinski definition) is 5. The van der Waals surface area contributed by atoms with Crippen LogP contribution in [0.3, 0.4) is 0 Å². The van der Waals surface area contributed by atoms with Crippen molar-refractivity contribution in [3.63, 3.8) is 0 Å². The lowest BCUT2D eigenvalue weighted by atomic mass is 9.97. The highest BCUT2D eigenvalue weighted by molar-refractivity contribution is 7.89. The van der Waals surface area contributed by atoms with Crippen LogP contribution in [0.4, 0.5) is 0 Å². The van der Waals surface area contributed by atoms with Gasteiger partial charge in [-0.25, -0.2) is 8.42 Å². The molecular weight excluding hydrogens is 390 g/mol. The van der Waals surface area contributed by atoms with Gasteiger partial charge in [0.25, 0.3) is 5.91 Å². The quantitative estimate of drug-likeness (QED) is 0.670. The van der Waals surface area contributed by atoms with Crippen molar-refractivity contribution in [1.29, 1.82) is 0 Å². The van der Waals surface area contributed by atoms with E-state index >= 15 is 0 Å². The van der Waals surface area contributed by atoms with E-state index in [1.165, 1.54) is 0 Å². The average Bonchev–Trinajstić information content (AvgIpc) is 2.76. The largest absolute Gasteiger partial charge is 0.379 e. The van der Waals surface area contributed by atoms with E-state index in [2.05, 4.69) is 4.90 Å². The molecular formula is C21H33N3O4S. The summed E-state index contributed by atoms with van der Waals surface area (Å²) in [5, 5.41) is 0. The Bertz CT molecular complexity index is 764. The van der Waals surface area contributed by atoms with Gasteiger partial charge in [-0.1, -0.05) is 0 Å². The number of ether oxygens (including phenoxy) is 1. The number of sulfonamides is 1. The predicted molar refractivity (Wildman–Crippen MR) is 112 cm³/mol. The third kappa shape index (κ3) is 5.36. The normalized spacial score (nSPS) is 19.9. The maximum Gasteiger partial charge on any atom is 0.253 e. The van der Waals surface area contributed by atoms with Crippen LogP contribution in [-0.4, -0.2) is 87.5 Å². The minimum absolute atomic E-state index is 0.0668. The number of benzene rings is 1. The Hall–Kier alpha value is -1.48. The van der Waals surface area contributed by atoms with E-state index in [0.29, 0.717) is 37.7 Å². The first-order valence-corrected chi connectivity index (χ1v) is 12.1. The highest BCUT2D eigenvalue weighted by Crippen LogP contribution is 2.25. The van der Waals surface area contributed by atoms with Gasteiger partial charge >= 0.3 is 0 Å². The summed E-state index contributed by atoms with van der Waals surface area (Å²) < 4.78 is 33.0. The summed E-state index contributed by atoms with van der Waals surface area (Å²) in [6, 6.07) is 6.37. The lowest BCUT2D eigenvalue weighted by Gasteiger charge is -2.35. The Morgan fingerprint density at radius 2 is 1.62 bits per heavy atom. The fourth-order valence-corrected chi connectivity index (χ4v) is 5.56. The predicted octanol–water partition coefficient (Wildman–Crippen LogP) is 1.90. The molecule has 1 aromatic carbocycles. The van der Waals surface area contributed by atoms with Crippen molar-refractivity contribution in [2.24, 2.45) is 5.92 Å². The minimum Gasteiger partial charge on any atom is -0.379 e. The zero-order valence-corrected chi connectivity index (χ0v) is 18.4. The summed E-state index contributed by atoms with van der Waals surface area (Å²) in [6.07, 6.45) is 1.77. The van der Waals surface area contributed by atoms with Crippen LogP contribution in [-0.2, 0) is 14.8 Å². The van der Waals surface area contributed by atoms with E-state index in [4.69, 9.17) is 4.74 Å². The molecule has 0 bridgehead atoms. The molecule has 0 N–H and O–H groups in total. The van der Waals surface area contributed by atoms with Gasteiger partial charge < -0.3 is 9.64 Å². The van der Waals surface area contributed by atoms with Crippen LogP contribution < -0.4 is 0 Å². The number of carbonyl (C=O) groups is 1. The monoisotopic (exact) mass is 423 g/mol. The molecule has 2 fully saturated rings. The maximum absolute atomic E-state index is 13.0. The highest BCUT2D eigenvalue weighted by atomic mass is 32.2. The first-order valence-electron chi connectivity index (χ1n) is 10.6. The molecule has 2 saturated heterocycles. The van der Waals surface area contributed by atoms with Gasteiger partial charge in [0.05, 0.1) is 18.1 Å². The fourth-order valence-electron chi connectivity index (χ4n) is 4.09. The number of nitrogens with zero attached hydrogens (tertiary/aromatic N) is 3. The Morgan fingerprint density at radius 1 is 1.03 bits per heavy atom. The summed E-state index contributed by atoms with van der Waals surface area (Å²) in [6.45, 7) is 10.8. The Morgan fingerprint density at radius 3 is 2.17 bits per heavy atom. The van der Waals surface area contributed by atoms with Gasteiger partial charge in [0.15, 0.2) is 0 Å². The summed E-state index contributed by atoms with van der Waals surface area (Å²) in [4.78, 5) is 16.8. The van der Waals surface area contributed by atoms with E-state index < -0.39 is 10.0 Å². The van der Waals surface area contributed by atoms with Crippen LogP contribution in [0.25, 0.3) is 0 Å². The second-order valence-corrected chi connectivity index (χ2v) is 9.70. The van der Waals surface area contributed by atoms with Gasteiger partial charge in [0.2, 0.25) is 10.0 Å². The molecule has 0 spiro atoms. The highest BCUT2D eigenvalue weighted by Gasteiger charge is 2.30. The van der Waals surface area contributed by atoms with Gasteiger partial charge in [0, 0.05) is 51.4 Å². The number of hydrogen-bond donors (Lipinski definition) is 0. The van der Waals surface area contributed by atoms with Crippen LogP contribution in [0.15, 0.2) is 29.2 Å². The van der Waals surface area contributed by atoms with Crippen molar-refractivity contribution in [3.8, 4) is 0 Å². The third-order valence-electron chi connectivity index (χ3n) is 5.98. The molecule has 0 aliphatic carbocycles. The van der Waals surface area contributed by atoms with Crippen LogP contribution >= 0.6 is 0 Å². The van der Waals surface area contributed by atoms with E-state index in [1.807, 2.05) is 13.8 Å². The van der Waals surface area contributed by atoms with Crippen LogP contribution in [0, 0.1) is 5.92 Å². The third-order valence-corrected chi connectivity index (χ3v) is 7.90. The van der Waals surface area contributed by atoms with Crippen molar-refractivity contribution < 1.29 is 17.9 Å². The van der Waals surface area contributed by atoms with Crippen LogP contribution in [0.1, 0.15) is 37.0 Å². The molecule has 2 aliphatic heterocycles. The van der Waals surface area contributed by atoms with E-state index in [1.54, 1.807) is 33.5 Å². The number of rotatable bonds is 7. The molecule has 1 aromatic rings. The molecule has 29 heavy (non-hydrogen) atoms. The maximum atomic E-state index is 13.0. The van der Waals surface area contributed by atoms with Gasteiger partial charge in [-0.15, -0.1) is 0 Å². The summed E-state index contributed by atoms with van der Waals surface area (Å²) in [7, 11) is -3.52. The first-order chi connectivity index (χ1) is 14.0. The minimum atomic E-state index is -3.52. The summed E-state index contributed by atoms with van der Waals surface area (Å²) >= 11 is 0. The second-order valence-electron chi connectivity index (χ2n) is 7.76. The fraction of sp³-hybridized carbons (Fsp3) is 0.667. The second kappa shape index (κ2) is 10.0. The first kappa shape index (κ1) is 22.2. The molecule has 7 nitrogen and oxygen atoms in total. The number of carbonyl (C=O) groups excluding carboxylic acids is 1. The molecule has 2 heterocycles. The molecule has 0 unspecified atom stereocenters. The molecule has 8 heteroatoms. The molecule has 0 radical (unpaired) electrons. The lowest BCUT2D eigenvalue weighted by Crippen LogP contribution is -2.44. The molecule has 0 aromatic heterocycles. The van der Waals surface area contributed by atoms with Crippen LogP contribution in [0.2, 0.25) is 0 Å². The molecule has 162 valence electrons. The Balaban J connectivity index is 1.58.